The average Bonchev–Trinajstić information content (AvgIpc) is 2.49. The topological polar surface area (TPSA) is 77.5 Å². The Kier molecular flexibility index (Phi) is 3.96. The molecule has 0 aromatic heterocycles. The fourth-order valence-corrected chi connectivity index (χ4v) is 1.70. The van der Waals surface area contributed by atoms with E-state index in [1.54, 1.807) is 36.4 Å². The van der Waals surface area contributed by atoms with Gasteiger partial charge in [0.15, 0.2) is 11.5 Å². The number of nitriles is 1. The van der Waals surface area contributed by atoms with Gasteiger partial charge in [-0.3, -0.25) is 0 Å². The van der Waals surface area contributed by atoms with Crippen LogP contribution in [0.3, 0.4) is 0 Å². The Labute approximate surface area is 117 Å². The average molecular weight is 270 g/mol. The van der Waals surface area contributed by atoms with Crippen molar-refractivity contribution in [3.05, 3.63) is 42.0 Å². The monoisotopic (exact) mass is 270 g/mol. The van der Waals surface area contributed by atoms with Gasteiger partial charge in [-0.15, -0.1) is 0 Å². The number of rotatable bonds is 4. The van der Waals surface area contributed by atoms with Gasteiger partial charge >= 0.3 is 0 Å². The van der Waals surface area contributed by atoms with Crippen LogP contribution >= 0.6 is 0 Å². The van der Waals surface area contributed by atoms with E-state index in [2.05, 4.69) is 0 Å². The fourth-order valence-electron chi connectivity index (χ4n) is 1.70. The minimum absolute atomic E-state index is 0.486. The summed E-state index contributed by atoms with van der Waals surface area (Å²) in [5.41, 5.74) is 6.78. The largest absolute Gasteiger partial charge is 0.494 e. The van der Waals surface area contributed by atoms with Crippen LogP contribution in [0.5, 0.6) is 23.0 Å². The van der Waals surface area contributed by atoms with Gasteiger partial charge < -0.3 is 19.9 Å². The van der Waals surface area contributed by atoms with Crippen LogP contribution in [0.2, 0.25) is 0 Å². The van der Waals surface area contributed by atoms with E-state index in [0.717, 1.165) is 0 Å². The van der Waals surface area contributed by atoms with Crippen LogP contribution in [0.25, 0.3) is 0 Å². The summed E-state index contributed by atoms with van der Waals surface area (Å²) in [5, 5.41) is 8.86. The lowest BCUT2D eigenvalue weighted by molar-refractivity contribution is 0.376. The Hall–Kier alpha value is -2.87. The molecule has 0 unspecified atom stereocenters. The predicted octanol–water partition coefficient (Wildman–Crippen LogP) is 2.95. The summed E-state index contributed by atoms with van der Waals surface area (Å²) >= 11 is 0. The number of methoxy groups -OCH3 is 2. The summed E-state index contributed by atoms with van der Waals surface area (Å²) in [6.45, 7) is 0. The lowest BCUT2D eigenvalue weighted by atomic mass is 10.2. The minimum Gasteiger partial charge on any atom is -0.494 e. The molecule has 2 N–H and O–H groups in total. The van der Waals surface area contributed by atoms with Crippen molar-refractivity contribution in [1.82, 2.24) is 0 Å². The van der Waals surface area contributed by atoms with Gasteiger partial charge in [-0.2, -0.15) is 5.26 Å². The van der Waals surface area contributed by atoms with Gasteiger partial charge in [0.25, 0.3) is 0 Å². The molecule has 2 aromatic carbocycles. The smallest absolute Gasteiger partial charge is 0.169 e. The quantitative estimate of drug-likeness (QED) is 0.864. The first kappa shape index (κ1) is 13.6. The number of nitrogen functional groups attached to an aromatic ring is 1. The molecule has 2 rings (SSSR count). The van der Waals surface area contributed by atoms with E-state index in [0.29, 0.717) is 34.2 Å². The highest BCUT2D eigenvalue weighted by Gasteiger charge is 2.08. The molecular formula is C15H14N2O3. The second-order valence-corrected chi connectivity index (χ2v) is 3.98. The van der Waals surface area contributed by atoms with Crippen molar-refractivity contribution in [3.8, 4) is 29.1 Å². The lowest BCUT2D eigenvalue weighted by Gasteiger charge is -2.12. The molecule has 102 valence electrons. The van der Waals surface area contributed by atoms with Crippen LogP contribution < -0.4 is 19.9 Å². The maximum Gasteiger partial charge on any atom is 0.169 e. The van der Waals surface area contributed by atoms with E-state index >= 15 is 0 Å². The van der Waals surface area contributed by atoms with Crippen molar-refractivity contribution in [2.45, 2.75) is 0 Å². The van der Waals surface area contributed by atoms with Crippen molar-refractivity contribution >= 4 is 5.69 Å². The van der Waals surface area contributed by atoms with Gasteiger partial charge in [-0.05, 0) is 24.3 Å². The van der Waals surface area contributed by atoms with Crippen molar-refractivity contribution in [2.75, 3.05) is 20.0 Å². The first-order valence-electron chi connectivity index (χ1n) is 5.87. The maximum atomic E-state index is 8.86. The zero-order valence-electron chi connectivity index (χ0n) is 11.2. The van der Waals surface area contributed by atoms with Crippen LogP contribution in [0.15, 0.2) is 36.4 Å². The number of nitrogens with two attached hydrogens (primary N) is 1. The number of hydrogen-bond donors (Lipinski definition) is 1. The zero-order valence-corrected chi connectivity index (χ0v) is 11.2. The summed E-state index contributed by atoms with van der Waals surface area (Å²) in [6, 6.07) is 12.1. The van der Waals surface area contributed by atoms with Crippen molar-refractivity contribution < 1.29 is 14.2 Å². The molecule has 20 heavy (non-hydrogen) atoms. The molecular weight excluding hydrogens is 256 g/mol. The second kappa shape index (κ2) is 5.85. The fraction of sp³-hybridized carbons (Fsp3) is 0.133. The molecule has 0 aliphatic rings. The maximum absolute atomic E-state index is 8.86. The number of ether oxygens (including phenoxy) is 3. The summed E-state index contributed by atoms with van der Waals surface area (Å²) in [7, 11) is 3.06. The van der Waals surface area contributed by atoms with Crippen LogP contribution in [0.1, 0.15) is 5.56 Å². The molecule has 5 nitrogen and oxygen atoms in total. The molecule has 0 heterocycles. The summed E-state index contributed by atoms with van der Waals surface area (Å²) in [5.74, 6) is 2.10. The first-order valence-corrected chi connectivity index (χ1v) is 5.87. The normalized spacial score (nSPS) is 9.65. The predicted molar refractivity (Wildman–Crippen MR) is 75.2 cm³/mol. The molecule has 5 heteroatoms. The third-order valence-electron chi connectivity index (χ3n) is 2.73. The molecule has 0 saturated heterocycles. The van der Waals surface area contributed by atoms with Gasteiger partial charge in [0.2, 0.25) is 0 Å². The van der Waals surface area contributed by atoms with Crippen LogP contribution in [0.4, 0.5) is 5.69 Å². The number of nitrogens with zero attached hydrogens (tertiary/aromatic N) is 1. The van der Waals surface area contributed by atoms with E-state index < -0.39 is 0 Å². The lowest BCUT2D eigenvalue weighted by Crippen LogP contribution is -1.94. The highest BCUT2D eigenvalue weighted by Crippen LogP contribution is 2.34. The molecule has 0 fully saturated rings. The SMILES string of the molecule is COc1cc(Oc2ccc(C#N)cc2OC)ccc1N. The van der Waals surface area contributed by atoms with E-state index in [-0.39, 0.29) is 0 Å². The molecule has 0 aliphatic carbocycles. The van der Waals surface area contributed by atoms with E-state index in [1.165, 1.54) is 14.2 Å². The van der Waals surface area contributed by atoms with Gasteiger partial charge in [-0.25, -0.2) is 0 Å². The Morgan fingerprint density at radius 2 is 1.70 bits per heavy atom. The second-order valence-electron chi connectivity index (χ2n) is 3.98. The molecule has 2 aromatic rings. The summed E-state index contributed by atoms with van der Waals surface area (Å²) in [6.07, 6.45) is 0. The van der Waals surface area contributed by atoms with E-state index in [4.69, 9.17) is 25.2 Å². The van der Waals surface area contributed by atoms with Gasteiger partial charge in [0, 0.05) is 12.1 Å². The van der Waals surface area contributed by atoms with E-state index in [9.17, 15) is 0 Å². The minimum atomic E-state index is 0.486. The Morgan fingerprint density at radius 1 is 0.950 bits per heavy atom. The summed E-state index contributed by atoms with van der Waals surface area (Å²) < 4.78 is 16.1. The highest BCUT2D eigenvalue weighted by molar-refractivity contribution is 5.57. The Bertz CT molecular complexity index is 663. The number of hydrogen-bond acceptors (Lipinski definition) is 5. The highest BCUT2D eigenvalue weighted by atomic mass is 16.5. The third kappa shape index (κ3) is 2.75. The van der Waals surface area contributed by atoms with Crippen LogP contribution in [0, 0.1) is 11.3 Å². The molecule has 0 aliphatic heterocycles. The first-order chi connectivity index (χ1) is 9.67. The van der Waals surface area contributed by atoms with Gasteiger partial charge in [0.05, 0.1) is 31.5 Å². The molecule has 0 bridgehead atoms. The van der Waals surface area contributed by atoms with Gasteiger partial charge in [0.1, 0.15) is 11.5 Å². The van der Waals surface area contributed by atoms with Crippen molar-refractivity contribution in [3.63, 3.8) is 0 Å². The molecule has 0 saturated carbocycles. The van der Waals surface area contributed by atoms with E-state index in [1.807, 2.05) is 6.07 Å². The number of benzene rings is 2. The Balaban J connectivity index is 2.32. The standard InChI is InChI=1S/C15H14N2O3/c1-18-14-8-11(4-5-12(14)17)20-13-6-3-10(9-16)7-15(13)19-2/h3-8H,17H2,1-2H3. The van der Waals surface area contributed by atoms with Crippen molar-refractivity contribution in [2.24, 2.45) is 0 Å². The molecule has 0 atom stereocenters. The van der Waals surface area contributed by atoms with Gasteiger partial charge in [-0.1, -0.05) is 0 Å². The zero-order chi connectivity index (χ0) is 14.5. The Morgan fingerprint density at radius 3 is 2.35 bits per heavy atom. The number of anilines is 1. The molecule has 0 amide bonds. The van der Waals surface area contributed by atoms with Crippen molar-refractivity contribution in [1.29, 1.82) is 5.26 Å². The summed E-state index contributed by atoms with van der Waals surface area (Å²) in [4.78, 5) is 0. The third-order valence-corrected chi connectivity index (χ3v) is 2.73. The molecule has 0 radical (unpaired) electrons. The molecule has 0 spiro atoms. The van der Waals surface area contributed by atoms with Crippen LogP contribution in [-0.2, 0) is 0 Å². The van der Waals surface area contributed by atoms with Crippen LogP contribution in [-0.4, -0.2) is 14.2 Å².